The van der Waals surface area contributed by atoms with Crippen LogP contribution in [0.15, 0.2) is 29.6 Å². The Bertz CT molecular complexity index is 658. The summed E-state index contributed by atoms with van der Waals surface area (Å²) in [5.74, 6) is -0.289. The molecule has 1 fully saturated rings. The Morgan fingerprint density at radius 2 is 1.88 bits per heavy atom. The van der Waals surface area contributed by atoms with E-state index >= 15 is 0 Å². The summed E-state index contributed by atoms with van der Waals surface area (Å²) in [5.41, 5.74) is 1.31. The fraction of sp³-hybridized carbons (Fsp3) is 0.375. The lowest BCUT2D eigenvalue weighted by Gasteiger charge is -2.31. The van der Waals surface area contributed by atoms with Crippen LogP contribution in [0.5, 0.6) is 0 Å². The van der Waals surface area contributed by atoms with Crippen LogP contribution in [0, 0.1) is 5.82 Å². The first-order valence-corrected chi connectivity index (χ1v) is 8.23. The lowest BCUT2D eigenvalue weighted by molar-refractivity contribution is 0.0702. The number of nitrogens with one attached hydrogen (secondary N) is 1. The minimum Gasteiger partial charge on any atom is -0.337 e. The first-order chi connectivity index (χ1) is 10.7. The van der Waals surface area contributed by atoms with Crippen molar-refractivity contribution in [2.45, 2.75) is 18.9 Å². The van der Waals surface area contributed by atoms with Gasteiger partial charge in [-0.05, 0) is 44.2 Å². The third-order valence-corrected chi connectivity index (χ3v) is 4.90. The van der Waals surface area contributed by atoms with Crippen molar-refractivity contribution in [2.24, 2.45) is 0 Å². The molecule has 2 heterocycles. The van der Waals surface area contributed by atoms with E-state index in [9.17, 15) is 9.18 Å². The van der Waals surface area contributed by atoms with E-state index in [0.29, 0.717) is 11.7 Å². The van der Waals surface area contributed by atoms with E-state index in [1.165, 1.54) is 23.5 Å². The van der Waals surface area contributed by atoms with Gasteiger partial charge in [-0.3, -0.25) is 4.79 Å². The molecule has 1 aromatic heterocycles. The number of likely N-dealkylation sites (tertiary alicyclic amines) is 1. The number of benzene rings is 1. The number of carbonyl (C=O) groups excluding carboxylic acids is 1. The molecule has 1 aromatic carbocycles. The average Bonchev–Trinajstić information content (AvgIpc) is 3.05. The molecular formula is C16H20Cl2FN3OS. The molecule has 2 aromatic rings. The third kappa shape index (κ3) is 4.66. The van der Waals surface area contributed by atoms with Crippen molar-refractivity contribution in [3.05, 3.63) is 41.2 Å². The monoisotopic (exact) mass is 391 g/mol. The highest BCUT2D eigenvalue weighted by Gasteiger charge is 2.24. The molecule has 1 amide bonds. The molecule has 0 spiro atoms. The van der Waals surface area contributed by atoms with Crippen LogP contribution >= 0.6 is 36.2 Å². The van der Waals surface area contributed by atoms with Gasteiger partial charge in [0.25, 0.3) is 5.91 Å². The summed E-state index contributed by atoms with van der Waals surface area (Å²) < 4.78 is 13.0. The van der Waals surface area contributed by atoms with Crippen LogP contribution in [0.3, 0.4) is 0 Å². The standard InChI is InChI=1S/C16H18FN3OS.2ClH/c1-18-13-6-8-20(9-7-13)16(21)14-10-22-15(19-14)11-2-4-12(17)5-3-11;;/h2-5,10,13,18H,6-9H2,1H3;2*1H. The molecule has 0 saturated carbocycles. The molecule has 1 saturated heterocycles. The maximum atomic E-state index is 13.0. The number of aromatic nitrogens is 1. The number of amides is 1. The summed E-state index contributed by atoms with van der Waals surface area (Å²) >= 11 is 1.41. The van der Waals surface area contributed by atoms with Crippen LogP contribution in [-0.4, -0.2) is 42.0 Å². The molecule has 132 valence electrons. The zero-order valence-corrected chi connectivity index (χ0v) is 15.6. The van der Waals surface area contributed by atoms with Crippen molar-refractivity contribution >= 4 is 42.1 Å². The van der Waals surface area contributed by atoms with Crippen LogP contribution in [0.1, 0.15) is 23.3 Å². The van der Waals surface area contributed by atoms with Gasteiger partial charge < -0.3 is 10.2 Å². The topological polar surface area (TPSA) is 45.2 Å². The molecule has 0 unspecified atom stereocenters. The average molecular weight is 392 g/mol. The molecule has 8 heteroatoms. The lowest BCUT2D eigenvalue weighted by atomic mass is 10.1. The lowest BCUT2D eigenvalue weighted by Crippen LogP contribution is -2.44. The molecule has 0 aliphatic carbocycles. The molecular weight excluding hydrogens is 372 g/mol. The highest BCUT2D eigenvalue weighted by atomic mass is 35.5. The Hall–Kier alpha value is -1.21. The summed E-state index contributed by atoms with van der Waals surface area (Å²) in [5, 5.41) is 5.78. The van der Waals surface area contributed by atoms with Gasteiger partial charge in [0.1, 0.15) is 16.5 Å². The summed E-state index contributed by atoms with van der Waals surface area (Å²) in [6, 6.07) is 6.66. The molecule has 4 nitrogen and oxygen atoms in total. The SMILES string of the molecule is CNC1CCN(C(=O)c2csc(-c3ccc(F)cc3)n2)CC1.Cl.Cl. The molecule has 3 rings (SSSR count). The minimum atomic E-state index is -0.274. The number of piperidine rings is 1. The van der Waals surface area contributed by atoms with Gasteiger partial charge in [0.2, 0.25) is 0 Å². The number of rotatable bonds is 3. The Balaban J connectivity index is 0.00000144. The van der Waals surface area contributed by atoms with Gasteiger partial charge >= 0.3 is 0 Å². The number of hydrogen-bond acceptors (Lipinski definition) is 4. The third-order valence-electron chi connectivity index (χ3n) is 4.00. The van der Waals surface area contributed by atoms with Crippen molar-refractivity contribution in [3.8, 4) is 10.6 Å². The Morgan fingerprint density at radius 3 is 2.46 bits per heavy atom. The largest absolute Gasteiger partial charge is 0.337 e. The van der Waals surface area contributed by atoms with E-state index in [-0.39, 0.29) is 36.5 Å². The molecule has 24 heavy (non-hydrogen) atoms. The van der Waals surface area contributed by atoms with Crippen LogP contribution in [0.25, 0.3) is 10.6 Å². The highest BCUT2D eigenvalue weighted by molar-refractivity contribution is 7.13. The Labute approximate surface area is 157 Å². The summed E-state index contributed by atoms with van der Waals surface area (Å²) in [7, 11) is 1.96. The molecule has 0 bridgehead atoms. The number of halogens is 3. The van der Waals surface area contributed by atoms with Gasteiger partial charge in [-0.25, -0.2) is 9.37 Å². The minimum absolute atomic E-state index is 0. The molecule has 0 atom stereocenters. The first-order valence-electron chi connectivity index (χ1n) is 7.35. The number of thiazole rings is 1. The second kappa shape index (κ2) is 9.32. The van der Waals surface area contributed by atoms with Crippen LogP contribution in [0.4, 0.5) is 4.39 Å². The van der Waals surface area contributed by atoms with Gasteiger partial charge in [-0.2, -0.15) is 0 Å². The summed E-state index contributed by atoms with van der Waals surface area (Å²) in [6.07, 6.45) is 1.94. The number of carbonyl (C=O) groups is 1. The molecule has 1 N–H and O–H groups in total. The van der Waals surface area contributed by atoms with Crippen molar-refractivity contribution in [2.75, 3.05) is 20.1 Å². The van der Waals surface area contributed by atoms with E-state index in [4.69, 9.17) is 0 Å². The quantitative estimate of drug-likeness (QED) is 0.868. The van der Waals surface area contributed by atoms with Gasteiger partial charge in [0, 0.05) is 30.1 Å². The molecule has 0 radical (unpaired) electrons. The second-order valence-corrected chi connectivity index (χ2v) is 6.26. The smallest absolute Gasteiger partial charge is 0.273 e. The summed E-state index contributed by atoms with van der Waals surface area (Å²) in [4.78, 5) is 18.8. The van der Waals surface area contributed by atoms with E-state index in [0.717, 1.165) is 36.5 Å². The first kappa shape index (κ1) is 20.8. The number of hydrogen-bond donors (Lipinski definition) is 1. The van der Waals surface area contributed by atoms with Crippen molar-refractivity contribution < 1.29 is 9.18 Å². The van der Waals surface area contributed by atoms with Gasteiger partial charge in [-0.1, -0.05) is 0 Å². The summed E-state index contributed by atoms with van der Waals surface area (Å²) in [6.45, 7) is 1.52. The fourth-order valence-corrected chi connectivity index (χ4v) is 3.43. The zero-order valence-electron chi connectivity index (χ0n) is 13.2. The van der Waals surface area contributed by atoms with Crippen LogP contribution in [-0.2, 0) is 0 Å². The second-order valence-electron chi connectivity index (χ2n) is 5.40. The molecule has 1 aliphatic heterocycles. The predicted molar refractivity (Wildman–Crippen MR) is 100.0 cm³/mol. The van der Waals surface area contributed by atoms with E-state index in [1.54, 1.807) is 17.5 Å². The maximum Gasteiger partial charge on any atom is 0.273 e. The van der Waals surface area contributed by atoms with E-state index < -0.39 is 0 Å². The fourth-order valence-electron chi connectivity index (χ4n) is 2.63. The highest BCUT2D eigenvalue weighted by Crippen LogP contribution is 2.25. The maximum absolute atomic E-state index is 13.0. The van der Waals surface area contributed by atoms with Crippen LogP contribution in [0.2, 0.25) is 0 Å². The predicted octanol–water partition coefficient (Wildman–Crippen LogP) is 3.62. The van der Waals surface area contributed by atoms with Gasteiger partial charge in [0.05, 0.1) is 0 Å². The van der Waals surface area contributed by atoms with Crippen LogP contribution < -0.4 is 5.32 Å². The molecule has 1 aliphatic rings. The normalized spacial score (nSPS) is 14.7. The number of nitrogens with zero attached hydrogens (tertiary/aromatic N) is 2. The van der Waals surface area contributed by atoms with E-state index in [1.807, 2.05) is 11.9 Å². The Kier molecular flexibility index (Phi) is 8.09. The van der Waals surface area contributed by atoms with Crippen molar-refractivity contribution in [1.29, 1.82) is 0 Å². The zero-order chi connectivity index (χ0) is 15.5. The Morgan fingerprint density at radius 1 is 1.25 bits per heavy atom. The van der Waals surface area contributed by atoms with Gasteiger partial charge in [-0.15, -0.1) is 36.2 Å². The van der Waals surface area contributed by atoms with Gasteiger partial charge in [0.15, 0.2) is 0 Å². The van der Waals surface area contributed by atoms with Crippen molar-refractivity contribution in [1.82, 2.24) is 15.2 Å². The van der Waals surface area contributed by atoms with Crippen molar-refractivity contribution in [3.63, 3.8) is 0 Å². The van der Waals surface area contributed by atoms with E-state index in [2.05, 4.69) is 10.3 Å².